The SMILES string of the molecule is CCOC(=O)c1ccc(N2CCCN(C(=O)Cc3ccc(S(N)(=O)=O)cc3)CC2)nc1. The maximum absolute atomic E-state index is 12.7. The third-order valence-electron chi connectivity index (χ3n) is 5.04. The number of nitrogens with two attached hydrogens (primary N) is 1. The highest BCUT2D eigenvalue weighted by Crippen LogP contribution is 2.16. The summed E-state index contributed by atoms with van der Waals surface area (Å²) in [5.41, 5.74) is 1.14. The average molecular weight is 447 g/mol. The van der Waals surface area contributed by atoms with E-state index >= 15 is 0 Å². The molecule has 166 valence electrons. The maximum atomic E-state index is 12.7. The molecule has 1 aromatic heterocycles. The van der Waals surface area contributed by atoms with Gasteiger partial charge in [-0.3, -0.25) is 4.79 Å². The van der Waals surface area contributed by atoms with Crippen molar-refractivity contribution in [3.8, 4) is 0 Å². The molecule has 1 amide bonds. The maximum Gasteiger partial charge on any atom is 0.339 e. The molecule has 0 atom stereocenters. The Morgan fingerprint density at radius 1 is 1.06 bits per heavy atom. The van der Waals surface area contributed by atoms with Crippen molar-refractivity contribution >= 4 is 27.7 Å². The summed E-state index contributed by atoms with van der Waals surface area (Å²) < 4.78 is 27.7. The summed E-state index contributed by atoms with van der Waals surface area (Å²) in [7, 11) is -3.75. The highest BCUT2D eigenvalue weighted by Gasteiger charge is 2.20. The first-order chi connectivity index (χ1) is 14.8. The molecule has 0 spiro atoms. The summed E-state index contributed by atoms with van der Waals surface area (Å²) in [6.45, 7) is 4.62. The molecule has 1 saturated heterocycles. The molecule has 3 rings (SSSR count). The van der Waals surface area contributed by atoms with Gasteiger partial charge in [0, 0.05) is 32.4 Å². The average Bonchev–Trinajstić information content (AvgIpc) is 3.00. The third-order valence-corrected chi connectivity index (χ3v) is 5.97. The first-order valence-corrected chi connectivity index (χ1v) is 11.6. The van der Waals surface area contributed by atoms with Gasteiger partial charge in [-0.1, -0.05) is 12.1 Å². The van der Waals surface area contributed by atoms with Crippen LogP contribution in [-0.2, 0) is 26.0 Å². The van der Waals surface area contributed by atoms with Crippen molar-refractivity contribution in [2.24, 2.45) is 5.14 Å². The number of esters is 1. The van der Waals surface area contributed by atoms with Gasteiger partial charge in [0.2, 0.25) is 15.9 Å². The third kappa shape index (κ3) is 6.02. The zero-order valence-corrected chi connectivity index (χ0v) is 18.2. The minimum absolute atomic E-state index is 0.0178. The van der Waals surface area contributed by atoms with Gasteiger partial charge < -0.3 is 14.5 Å². The van der Waals surface area contributed by atoms with E-state index in [2.05, 4.69) is 9.88 Å². The second-order valence-corrected chi connectivity index (χ2v) is 8.77. The number of anilines is 1. The molecule has 2 N–H and O–H groups in total. The normalized spacial score (nSPS) is 14.8. The van der Waals surface area contributed by atoms with Gasteiger partial charge in [-0.15, -0.1) is 0 Å². The van der Waals surface area contributed by atoms with E-state index in [1.54, 1.807) is 36.1 Å². The number of benzene rings is 1. The Hall–Kier alpha value is -2.98. The van der Waals surface area contributed by atoms with E-state index in [0.29, 0.717) is 31.8 Å². The molecular formula is C21H26N4O5S. The topological polar surface area (TPSA) is 123 Å². The number of carbonyl (C=O) groups excluding carboxylic acids is 2. The zero-order chi connectivity index (χ0) is 22.4. The van der Waals surface area contributed by atoms with Gasteiger partial charge in [0.1, 0.15) is 5.82 Å². The number of ether oxygens (including phenoxy) is 1. The number of aromatic nitrogens is 1. The smallest absolute Gasteiger partial charge is 0.339 e. The van der Waals surface area contributed by atoms with Gasteiger partial charge in [-0.2, -0.15) is 0 Å². The van der Waals surface area contributed by atoms with Crippen LogP contribution >= 0.6 is 0 Å². The van der Waals surface area contributed by atoms with Crippen LogP contribution in [0.4, 0.5) is 5.82 Å². The number of rotatable bonds is 6. The van der Waals surface area contributed by atoms with E-state index in [1.807, 2.05) is 0 Å². The zero-order valence-electron chi connectivity index (χ0n) is 17.4. The first kappa shape index (κ1) is 22.7. The Balaban J connectivity index is 1.58. The van der Waals surface area contributed by atoms with Crippen molar-refractivity contribution in [1.82, 2.24) is 9.88 Å². The monoisotopic (exact) mass is 446 g/mol. The molecule has 2 heterocycles. The predicted octanol–water partition coefficient (Wildman–Crippen LogP) is 1.19. The number of sulfonamides is 1. The van der Waals surface area contributed by atoms with Gasteiger partial charge >= 0.3 is 5.97 Å². The number of nitrogens with zero attached hydrogens (tertiary/aromatic N) is 3. The van der Waals surface area contributed by atoms with Gasteiger partial charge in [0.25, 0.3) is 0 Å². The van der Waals surface area contributed by atoms with Gasteiger partial charge in [0.05, 0.1) is 23.5 Å². The molecule has 0 radical (unpaired) electrons. The highest BCUT2D eigenvalue weighted by atomic mass is 32.2. The number of hydrogen-bond donors (Lipinski definition) is 1. The standard InChI is InChI=1S/C21H26N4O5S/c1-2-30-21(27)17-6-9-19(23-15-17)24-10-3-11-25(13-12-24)20(26)14-16-4-7-18(8-5-16)31(22,28)29/h4-9,15H,2-3,10-14H2,1H3,(H2,22,28,29). The summed E-state index contributed by atoms with van der Waals surface area (Å²) >= 11 is 0. The molecule has 1 aliphatic heterocycles. The predicted molar refractivity (Wildman–Crippen MR) is 115 cm³/mol. The molecule has 0 saturated carbocycles. The summed E-state index contributed by atoms with van der Waals surface area (Å²) in [5.74, 6) is 0.336. The molecule has 31 heavy (non-hydrogen) atoms. The van der Waals surface area contributed by atoms with Crippen LogP contribution in [0.3, 0.4) is 0 Å². The number of hydrogen-bond acceptors (Lipinski definition) is 7. The number of pyridine rings is 1. The Morgan fingerprint density at radius 2 is 1.81 bits per heavy atom. The fourth-order valence-corrected chi connectivity index (χ4v) is 3.90. The Bertz CT molecular complexity index is 1020. The van der Waals surface area contributed by atoms with Crippen molar-refractivity contribution < 1.29 is 22.7 Å². The largest absolute Gasteiger partial charge is 0.462 e. The molecule has 10 heteroatoms. The van der Waals surface area contributed by atoms with Gasteiger partial charge in [-0.25, -0.2) is 23.3 Å². The van der Waals surface area contributed by atoms with E-state index in [4.69, 9.17) is 9.88 Å². The molecule has 0 bridgehead atoms. The summed E-state index contributed by atoms with van der Waals surface area (Å²) in [6.07, 6.45) is 2.49. The van der Waals surface area contributed by atoms with Crippen LogP contribution < -0.4 is 10.0 Å². The Morgan fingerprint density at radius 3 is 2.42 bits per heavy atom. The van der Waals surface area contributed by atoms with E-state index < -0.39 is 16.0 Å². The van der Waals surface area contributed by atoms with Crippen molar-refractivity contribution in [3.63, 3.8) is 0 Å². The molecule has 1 aliphatic rings. The second kappa shape index (κ2) is 9.88. The van der Waals surface area contributed by atoms with Crippen LogP contribution in [-0.4, -0.2) is 63.0 Å². The van der Waals surface area contributed by atoms with Crippen LogP contribution in [0.2, 0.25) is 0 Å². The molecule has 1 fully saturated rings. The summed E-state index contributed by atoms with van der Waals surface area (Å²) in [5, 5.41) is 5.10. The van der Waals surface area contributed by atoms with Crippen LogP contribution in [0.25, 0.3) is 0 Å². The number of primary sulfonamides is 1. The number of amides is 1. The van der Waals surface area contributed by atoms with E-state index in [1.165, 1.54) is 18.3 Å². The molecule has 9 nitrogen and oxygen atoms in total. The Kier molecular flexibility index (Phi) is 7.24. The van der Waals surface area contributed by atoms with Gasteiger partial charge in [-0.05, 0) is 43.2 Å². The lowest BCUT2D eigenvalue weighted by molar-refractivity contribution is -0.130. The highest BCUT2D eigenvalue weighted by molar-refractivity contribution is 7.89. The lowest BCUT2D eigenvalue weighted by Crippen LogP contribution is -2.36. The summed E-state index contributed by atoms with van der Waals surface area (Å²) in [6, 6.07) is 9.52. The van der Waals surface area contributed by atoms with Gasteiger partial charge in [0.15, 0.2) is 0 Å². The molecular weight excluding hydrogens is 420 g/mol. The molecule has 0 unspecified atom stereocenters. The summed E-state index contributed by atoms with van der Waals surface area (Å²) in [4.78, 5) is 32.8. The lowest BCUT2D eigenvalue weighted by atomic mass is 10.1. The van der Waals surface area contributed by atoms with Crippen molar-refractivity contribution in [3.05, 3.63) is 53.7 Å². The van der Waals surface area contributed by atoms with Crippen molar-refractivity contribution in [2.75, 3.05) is 37.7 Å². The quantitative estimate of drug-likeness (QED) is 0.661. The first-order valence-electron chi connectivity index (χ1n) is 10.1. The molecule has 0 aliphatic carbocycles. The fourth-order valence-electron chi connectivity index (χ4n) is 3.39. The lowest BCUT2D eigenvalue weighted by Gasteiger charge is -2.23. The van der Waals surface area contributed by atoms with E-state index in [0.717, 1.165) is 24.3 Å². The second-order valence-electron chi connectivity index (χ2n) is 7.21. The minimum atomic E-state index is -3.75. The molecule has 1 aromatic carbocycles. The van der Waals surface area contributed by atoms with Crippen LogP contribution in [0.1, 0.15) is 29.3 Å². The molecule has 2 aromatic rings. The minimum Gasteiger partial charge on any atom is -0.462 e. The van der Waals surface area contributed by atoms with Crippen LogP contribution in [0.15, 0.2) is 47.5 Å². The van der Waals surface area contributed by atoms with E-state index in [-0.39, 0.29) is 17.2 Å². The van der Waals surface area contributed by atoms with Crippen LogP contribution in [0, 0.1) is 0 Å². The fraction of sp³-hybridized carbons (Fsp3) is 0.381. The Labute approximate surface area is 181 Å². The van der Waals surface area contributed by atoms with Crippen molar-refractivity contribution in [2.45, 2.75) is 24.7 Å². The van der Waals surface area contributed by atoms with Crippen molar-refractivity contribution in [1.29, 1.82) is 0 Å². The van der Waals surface area contributed by atoms with Crippen LogP contribution in [0.5, 0.6) is 0 Å². The number of carbonyl (C=O) groups is 2. The van der Waals surface area contributed by atoms with E-state index in [9.17, 15) is 18.0 Å².